The molecule has 0 saturated carbocycles. The average molecular weight is 518 g/mol. The maximum Gasteiger partial charge on any atom is 0.340 e. The summed E-state index contributed by atoms with van der Waals surface area (Å²) < 4.78 is 51.2. The molecule has 9 heteroatoms. The third kappa shape index (κ3) is 6.01. The molecule has 0 aliphatic carbocycles. The normalized spacial score (nSPS) is 15.7. The first-order chi connectivity index (χ1) is 16.7. The fourth-order valence-electron chi connectivity index (χ4n) is 4.08. The number of hydrogen-bond acceptors (Lipinski definition) is 5. The summed E-state index contributed by atoms with van der Waals surface area (Å²) in [5.74, 6) is -0.991. The van der Waals surface area contributed by atoms with Crippen LogP contribution in [0.25, 0.3) is 0 Å². The zero-order valence-electron chi connectivity index (χ0n) is 19.1. The van der Waals surface area contributed by atoms with E-state index in [-0.39, 0.29) is 40.4 Å². The van der Waals surface area contributed by atoms with Gasteiger partial charge in [0.25, 0.3) is 5.91 Å². The van der Waals surface area contributed by atoms with Crippen molar-refractivity contribution in [2.24, 2.45) is 0 Å². The van der Waals surface area contributed by atoms with Gasteiger partial charge in [-0.3, -0.25) is 4.79 Å². The molecular formula is C26H25ClFNO5S. The zero-order chi connectivity index (χ0) is 25.0. The molecule has 0 spiro atoms. The summed E-state index contributed by atoms with van der Waals surface area (Å²) in [7, 11) is -4.19. The molecule has 1 saturated heterocycles. The van der Waals surface area contributed by atoms with Crippen LogP contribution >= 0.6 is 11.6 Å². The van der Waals surface area contributed by atoms with Crippen LogP contribution in [0.15, 0.2) is 71.6 Å². The van der Waals surface area contributed by atoms with Crippen LogP contribution in [0, 0.1) is 12.7 Å². The lowest BCUT2D eigenvalue weighted by Crippen LogP contribution is -2.37. The molecule has 1 fully saturated rings. The van der Waals surface area contributed by atoms with Gasteiger partial charge in [-0.1, -0.05) is 48.0 Å². The summed E-state index contributed by atoms with van der Waals surface area (Å²) in [5.41, 5.74) is 1.05. The summed E-state index contributed by atoms with van der Waals surface area (Å²) in [4.78, 5) is 14.6. The van der Waals surface area contributed by atoms with E-state index in [1.54, 1.807) is 43.3 Å². The Kier molecular flexibility index (Phi) is 7.74. The number of rotatable bonds is 8. The van der Waals surface area contributed by atoms with Crippen molar-refractivity contribution < 1.29 is 26.5 Å². The standard InChI is InChI=1S/C26H25ClFNO5S/c1-18-7-4-12-23(27)25(18)35(31,32)34-20-9-5-8-19(15-20)16-29(17-21-10-6-14-33-21)26(30)22-11-2-3-13-24(22)28/h2-5,7-9,11-13,15,21H,6,10,14,16-17H2,1H3. The van der Waals surface area contributed by atoms with E-state index in [9.17, 15) is 17.6 Å². The van der Waals surface area contributed by atoms with Crippen molar-refractivity contribution in [2.75, 3.05) is 13.2 Å². The maximum atomic E-state index is 14.4. The molecule has 3 aromatic rings. The van der Waals surface area contributed by atoms with Gasteiger partial charge in [0.1, 0.15) is 16.5 Å². The van der Waals surface area contributed by atoms with Gasteiger partial charge in [0.2, 0.25) is 0 Å². The highest BCUT2D eigenvalue weighted by Crippen LogP contribution is 2.28. The largest absolute Gasteiger partial charge is 0.379 e. The summed E-state index contributed by atoms with van der Waals surface area (Å²) >= 11 is 6.12. The first-order valence-electron chi connectivity index (χ1n) is 11.2. The van der Waals surface area contributed by atoms with Gasteiger partial charge in [0.05, 0.1) is 16.7 Å². The molecule has 1 aliphatic rings. The number of carbonyl (C=O) groups is 1. The molecule has 1 amide bonds. The summed E-state index contributed by atoms with van der Waals surface area (Å²) in [6.07, 6.45) is 1.56. The maximum absolute atomic E-state index is 14.4. The van der Waals surface area contributed by atoms with Crippen molar-refractivity contribution in [1.29, 1.82) is 0 Å². The first kappa shape index (κ1) is 25.2. The quantitative estimate of drug-likeness (QED) is 0.375. The van der Waals surface area contributed by atoms with Gasteiger partial charge in [-0.25, -0.2) is 4.39 Å². The number of aryl methyl sites for hydroxylation is 1. The minimum Gasteiger partial charge on any atom is -0.379 e. The van der Waals surface area contributed by atoms with Crippen molar-refractivity contribution in [1.82, 2.24) is 4.90 Å². The minimum atomic E-state index is -4.19. The summed E-state index contributed by atoms with van der Waals surface area (Å²) in [5, 5.41) is 0.0689. The number of carbonyl (C=O) groups excluding carboxylic acids is 1. The molecule has 1 aliphatic heterocycles. The van der Waals surface area contributed by atoms with Crippen LogP contribution < -0.4 is 4.18 Å². The monoisotopic (exact) mass is 517 g/mol. The Balaban J connectivity index is 1.58. The van der Waals surface area contributed by atoms with Crippen molar-refractivity contribution in [3.05, 3.63) is 94.3 Å². The summed E-state index contributed by atoms with van der Waals surface area (Å²) in [6, 6.07) is 17.0. The molecule has 0 radical (unpaired) electrons. The van der Waals surface area contributed by atoms with Gasteiger partial charge >= 0.3 is 10.1 Å². The van der Waals surface area contributed by atoms with Crippen LogP contribution in [0.2, 0.25) is 5.02 Å². The van der Waals surface area contributed by atoms with Crippen LogP contribution in [0.4, 0.5) is 4.39 Å². The molecule has 6 nitrogen and oxygen atoms in total. The highest BCUT2D eigenvalue weighted by Gasteiger charge is 2.26. The Morgan fingerprint density at radius 3 is 2.63 bits per heavy atom. The van der Waals surface area contributed by atoms with Crippen molar-refractivity contribution >= 4 is 27.6 Å². The van der Waals surface area contributed by atoms with E-state index < -0.39 is 21.8 Å². The van der Waals surface area contributed by atoms with Crippen LogP contribution in [-0.2, 0) is 21.4 Å². The molecule has 1 heterocycles. The second-order valence-corrected chi connectivity index (χ2v) is 10.3. The highest BCUT2D eigenvalue weighted by atomic mass is 35.5. The molecule has 35 heavy (non-hydrogen) atoms. The fourth-order valence-corrected chi connectivity index (χ4v) is 5.79. The third-order valence-corrected chi connectivity index (χ3v) is 7.61. The average Bonchev–Trinajstić information content (AvgIpc) is 3.31. The Labute approximate surface area is 209 Å². The van der Waals surface area contributed by atoms with Gasteiger partial charge in [-0.05, 0) is 61.2 Å². The smallest absolute Gasteiger partial charge is 0.340 e. The van der Waals surface area contributed by atoms with Gasteiger partial charge in [0.15, 0.2) is 0 Å². The second kappa shape index (κ2) is 10.8. The highest BCUT2D eigenvalue weighted by molar-refractivity contribution is 7.87. The number of benzene rings is 3. The second-order valence-electron chi connectivity index (χ2n) is 8.37. The number of amides is 1. The van der Waals surface area contributed by atoms with Gasteiger partial charge < -0.3 is 13.8 Å². The molecule has 0 N–H and O–H groups in total. The van der Waals surface area contributed by atoms with E-state index in [0.717, 1.165) is 12.8 Å². The van der Waals surface area contributed by atoms with Crippen molar-refractivity contribution in [3.63, 3.8) is 0 Å². The SMILES string of the molecule is Cc1cccc(Cl)c1S(=O)(=O)Oc1cccc(CN(CC2CCCO2)C(=O)c2ccccc2F)c1. The zero-order valence-corrected chi connectivity index (χ0v) is 20.7. The van der Waals surface area contributed by atoms with Crippen LogP contribution in [0.3, 0.4) is 0 Å². The molecule has 3 aromatic carbocycles. The van der Waals surface area contributed by atoms with E-state index in [0.29, 0.717) is 17.7 Å². The van der Waals surface area contributed by atoms with Crippen LogP contribution in [-0.4, -0.2) is 38.5 Å². The lowest BCUT2D eigenvalue weighted by atomic mass is 10.1. The predicted molar refractivity (Wildman–Crippen MR) is 131 cm³/mol. The number of halogens is 2. The van der Waals surface area contributed by atoms with Gasteiger partial charge in [0, 0.05) is 19.7 Å². The molecule has 0 aromatic heterocycles. The van der Waals surface area contributed by atoms with E-state index in [4.69, 9.17) is 20.5 Å². The van der Waals surface area contributed by atoms with Crippen LogP contribution in [0.1, 0.15) is 34.3 Å². The van der Waals surface area contributed by atoms with E-state index in [1.807, 2.05) is 0 Å². The van der Waals surface area contributed by atoms with Crippen LogP contribution in [0.5, 0.6) is 5.75 Å². The molecular weight excluding hydrogens is 493 g/mol. The lowest BCUT2D eigenvalue weighted by molar-refractivity contribution is 0.0503. The molecule has 4 rings (SSSR count). The number of ether oxygens (including phenoxy) is 1. The predicted octanol–water partition coefficient (Wildman–Crippen LogP) is 5.38. The fraction of sp³-hybridized carbons (Fsp3) is 0.269. The molecule has 1 unspecified atom stereocenters. The molecule has 1 atom stereocenters. The Bertz CT molecular complexity index is 1300. The Hall–Kier alpha value is -2.94. The molecule has 0 bridgehead atoms. The Morgan fingerprint density at radius 2 is 1.91 bits per heavy atom. The topological polar surface area (TPSA) is 72.9 Å². The van der Waals surface area contributed by atoms with Gasteiger partial charge in [-0.2, -0.15) is 8.42 Å². The number of hydrogen-bond donors (Lipinski definition) is 0. The van der Waals surface area contributed by atoms with Crippen molar-refractivity contribution in [3.8, 4) is 5.75 Å². The lowest BCUT2D eigenvalue weighted by Gasteiger charge is -2.26. The Morgan fingerprint density at radius 1 is 1.14 bits per heavy atom. The number of nitrogens with zero attached hydrogens (tertiary/aromatic N) is 1. The summed E-state index contributed by atoms with van der Waals surface area (Å²) in [6.45, 7) is 2.66. The van der Waals surface area contributed by atoms with Crippen molar-refractivity contribution in [2.45, 2.75) is 37.3 Å². The van der Waals surface area contributed by atoms with E-state index in [2.05, 4.69) is 0 Å². The third-order valence-electron chi connectivity index (χ3n) is 5.73. The molecule has 184 valence electrons. The van der Waals surface area contributed by atoms with E-state index in [1.165, 1.54) is 35.2 Å². The van der Waals surface area contributed by atoms with E-state index >= 15 is 0 Å². The van der Waals surface area contributed by atoms with Gasteiger partial charge in [-0.15, -0.1) is 0 Å². The first-order valence-corrected chi connectivity index (χ1v) is 13.0. The minimum absolute atomic E-state index is 0.0327.